The number of nitrogens with one attached hydrogen (secondary N) is 2. The molecule has 0 unspecified atom stereocenters. The highest BCUT2D eigenvalue weighted by Crippen LogP contribution is 2.47. The summed E-state index contributed by atoms with van der Waals surface area (Å²) in [7, 11) is -1.06. The van der Waals surface area contributed by atoms with Gasteiger partial charge in [-0.05, 0) is 101 Å². The van der Waals surface area contributed by atoms with Crippen LogP contribution in [0.15, 0.2) is 28.4 Å². The predicted octanol–water partition coefficient (Wildman–Crippen LogP) is 6.82. The second-order valence-electron chi connectivity index (χ2n) is 12.3. The van der Waals surface area contributed by atoms with Crippen LogP contribution in [-0.4, -0.2) is 54.7 Å². The lowest BCUT2D eigenvalue weighted by molar-refractivity contribution is 0.0635. The first kappa shape index (κ1) is 31.7. The van der Waals surface area contributed by atoms with Gasteiger partial charge in [-0.15, -0.1) is 0 Å². The molecule has 0 aromatic carbocycles. The summed E-state index contributed by atoms with van der Waals surface area (Å²) in [6.45, 7) is 13.2. The van der Waals surface area contributed by atoms with Crippen LogP contribution in [0, 0.1) is 9.12 Å². The van der Waals surface area contributed by atoms with E-state index in [1.165, 1.54) is 24.6 Å². The van der Waals surface area contributed by atoms with Crippen molar-refractivity contribution < 1.29 is 13.7 Å². The maximum Gasteiger partial charge on any atom is 0.413 e. The van der Waals surface area contributed by atoms with Crippen LogP contribution in [0.3, 0.4) is 0 Å². The average molecular weight is 721 g/mol. The first-order valence-corrected chi connectivity index (χ1v) is 16.9. The maximum atomic E-state index is 12.8. The van der Waals surface area contributed by atoms with Gasteiger partial charge in [0.2, 0.25) is 0 Å². The van der Waals surface area contributed by atoms with Crippen LogP contribution in [0.4, 0.5) is 16.4 Å². The first-order chi connectivity index (χ1) is 18.7. The largest absolute Gasteiger partial charge is 0.444 e. The molecule has 2 aliphatic rings. The molecule has 2 atom stereocenters. The summed E-state index contributed by atoms with van der Waals surface area (Å²) < 4.78 is 22.1. The van der Waals surface area contributed by atoms with E-state index in [1.807, 2.05) is 27.0 Å². The van der Waals surface area contributed by atoms with Crippen molar-refractivity contribution in [2.75, 3.05) is 23.3 Å². The van der Waals surface area contributed by atoms with Crippen molar-refractivity contribution in [3.05, 3.63) is 27.2 Å². The maximum absolute atomic E-state index is 12.8. The minimum absolute atomic E-state index is 0.191. The standard InChI is InChI=1S/C27H38ClIN6O3S2/c1-25(2,3)38-24(36)33-22-20(28)17(9-13-30-22)39-23-21(29)32-19(16-31-23)35-14-11-27(12-15-35)10-7-8-18(27)34-40(37)26(4,5)6/h9,13,16,18,34H,7-8,10-12,14-15H2,1-6H3,(H,30,33,36)/t18-,40-/m1/s1. The summed E-state index contributed by atoms with van der Waals surface area (Å²) in [5, 5.41) is 3.65. The van der Waals surface area contributed by atoms with Gasteiger partial charge in [-0.1, -0.05) is 29.8 Å². The van der Waals surface area contributed by atoms with E-state index in [-0.39, 0.29) is 16.0 Å². The molecule has 1 spiro atoms. The summed E-state index contributed by atoms with van der Waals surface area (Å²) >= 11 is 10.1. The number of carbonyl (C=O) groups excluding carboxylic acids is 1. The van der Waals surface area contributed by atoms with Crippen LogP contribution in [0.25, 0.3) is 0 Å². The summed E-state index contributed by atoms with van der Waals surface area (Å²) in [4.78, 5) is 29.0. The van der Waals surface area contributed by atoms with Crippen molar-refractivity contribution in [3.8, 4) is 0 Å². The van der Waals surface area contributed by atoms with Crippen molar-refractivity contribution in [2.24, 2.45) is 5.41 Å². The number of rotatable bonds is 6. The van der Waals surface area contributed by atoms with Crippen LogP contribution in [0.1, 0.15) is 73.6 Å². The third kappa shape index (κ3) is 7.78. The van der Waals surface area contributed by atoms with Gasteiger partial charge < -0.3 is 9.64 Å². The zero-order valence-corrected chi connectivity index (χ0v) is 28.4. The van der Waals surface area contributed by atoms with E-state index >= 15 is 0 Å². The zero-order valence-electron chi connectivity index (χ0n) is 23.8. The third-order valence-corrected chi connectivity index (χ3v) is 11.4. The summed E-state index contributed by atoms with van der Waals surface area (Å²) in [6, 6.07) is 2.07. The fourth-order valence-electron chi connectivity index (χ4n) is 5.07. The monoisotopic (exact) mass is 720 g/mol. The van der Waals surface area contributed by atoms with Gasteiger partial charge in [-0.2, -0.15) is 0 Å². The lowest BCUT2D eigenvalue weighted by Gasteiger charge is -2.44. The molecule has 1 amide bonds. The lowest BCUT2D eigenvalue weighted by Crippen LogP contribution is -2.51. The Morgan fingerprint density at radius 1 is 1.20 bits per heavy atom. The number of hydrogen-bond acceptors (Lipinski definition) is 8. The predicted molar refractivity (Wildman–Crippen MR) is 171 cm³/mol. The van der Waals surface area contributed by atoms with Gasteiger partial charge in [0, 0.05) is 30.2 Å². The highest BCUT2D eigenvalue weighted by atomic mass is 127. The molecule has 4 rings (SSSR count). The molecule has 2 aromatic heterocycles. The van der Waals surface area contributed by atoms with Gasteiger partial charge in [0.15, 0.2) is 5.82 Å². The number of nitrogens with zero attached hydrogens (tertiary/aromatic N) is 4. The molecular formula is C27H38ClIN6O3S2. The number of pyridine rings is 1. The van der Waals surface area contributed by atoms with E-state index in [1.54, 1.807) is 33.0 Å². The summed E-state index contributed by atoms with van der Waals surface area (Å²) in [5.74, 6) is 1.09. The molecule has 220 valence electrons. The number of halogens is 2. The highest BCUT2D eigenvalue weighted by Gasteiger charge is 2.46. The Kier molecular flexibility index (Phi) is 9.96. The Bertz CT molecular complexity index is 1260. The van der Waals surface area contributed by atoms with Crippen molar-refractivity contribution in [3.63, 3.8) is 0 Å². The molecule has 1 saturated carbocycles. The Morgan fingerprint density at radius 2 is 1.90 bits per heavy atom. The van der Waals surface area contributed by atoms with Crippen LogP contribution in [0.5, 0.6) is 0 Å². The number of hydrogen-bond donors (Lipinski definition) is 2. The Morgan fingerprint density at radius 3 is 2.52 bits per heavy atom. The number of aromatic nitrogens is 3. The zero-order chi connectivity index (χ0) is 29.3. The van der Waals surface area contributed by atoms with Crippen LogP contribution < -0.4 is 14.9 Å². The van der Waals surface area contributed by atoms with Crippen LogP contribution in [-0.2, 0) is 15.7 Å². The minimum Gasteiger partial charge on any atom is -0.444 e. The van der Waals surface area contributed by atoms with Crippen LogP contribution in [0.2, 0.25) is 5.02 Å². The van der Waals surface area contributed by atoms with E-state index in [2.05, 4.69) is 42.5 Å². The third-order valence-electron chi connectivity index (χ3n) is 7.16. The fourth-order valence-corrected chi connectivity index (χ4v) is 7.80. The smallest absolute Gasteiger partial charge is 0.413 e. The second kappa shape index (κ2) is 12.6. The molecular weight excluding hydrogens is 683 g/mol. The number of ether oxygens (including phenoxy) is 1. The molecule has 0 radical (unpaired) electrons. The van der Waals surface area contributed by atoms with E-state index in [9.17, 15) is 9.00 Å². The van der Waals surface area contributed by atoms with E-state index in [0.29, 0.717) is 16.0 Å². The van der Waals surface area contributed by atoms with Gasteiger partial charge in [0.25, 0.3) is 0 Å². The van der Waals surface area contributed by atoms with E-state index < -0.39 is 22.7 Å². The molecule has 0 bridgehead atoms. The first-order valence-electron chi connectivity index (χ1n) is 13.4. The van der Waals surface area contributed by atoms with Gasteiger partial charge in [-0.3, -0.25) is 5.32 Å². The van der Waals surface area contributed by atoms with Crippen molar-refractivity contribution in [2.45, 2.75) is 100.0 Å². The molecule has 1 aliphatic carbocycles. The second-order valence-corrected chi connectivity index (χ2v) is 16.7. The molecule has 2 aromatic rings. The van der Waals surface area contributed by atoms with Gasteiger partial charge >= 0.3 is 6.09 Å². The van der Waals surface area contributed by atoms with Crippen molar-refractivity contribution in [1.29, 1.82) is 0 Å². The minimum atomic E-state index is -1.06. The van der Waals surface area contributed by atoms with Crippen LogP contribution >= 0.6 is 46.0 Å². The summed E-state index contributed by atoms with van der Waals surface area (Å²) in [5.41, 5.74) is -0.440. The fraction of sp³-hybridized carbons (Fsp3) is 0.630. The Hall–Kier alpha value is -1.22. The summed E-state index contributed by atoms with van der Waals surface area (Å²) in [6.07, 6.45) is 8.30. The van der Waals surface area contributed by atoms with Crippen molar-refractivity contribution >= 4 is 74.7 Å². The SMILES string of the molecule is CC(C)(C)OC(=O)Nc1nccc(Sc2ncc(N3CCC4(CCC[C@H]4N[S@](=O)C(C)(C)C)CC3)nc2I)c1Cl. The molecule has 1 saturated heterocycles. The molecule has 40 heavy (non-hydrogen) atoms. The van der Waals surface area contributed by atoms with E-state index in [0.717, 1.165) is 46.9 Å². The van der Waals surface area contributed by atoms with Crippen molar-refractivity contribution in [1.82, 2.24) is 19.7 Å². The normalized spacial score (nSPS) is 20.0. The molecule has 2 fully saturated rings. The molecule has 2 N–H and O–H groups in total. The number of anilines is 2. The number of piperidine rings is 1. The number of amides is 1. The lowest BCUT2D eigenvalue weighted by atomic mass is 9.74. The Labute approximate surface area is 262 Å². The highest BCUT2D eigenvalue weighted by molar-refractivity contribution is 14.1. The quantitative estimate of drug-likeness (QED) is 0.313. The molecule has 1 aliphatic heterocycles. The number of carbonyl (C=O) groups is 1. The molecule has 9 nitrogen and oxygen atoms in total. The molecule has 3 heterocycles. The Balaban J connectivity index is 1.40. The van der Waals surface area contributed by atoms with Gasteiger partial charge in [0.1, 0.15) is 20.1 Å². The van der Waals surface area contributed by atoms with Gasteiger partial charge in [0.05, 0.1) is 27.0 Å². The molecule has 13 heteroatoms. The van der Waals surface area contributed by atoms with Gasteiger partial charge in [-0.25, -0.2) is 28.7 Å². The topological polar surface area (TPSA) is 109 Å². The van der Waals surface area contributed by atoms with E-state index in [4.69, 9.17) is 26.3 Å². The average Bonchev–Trinajstić information content (AvgIpc) is 3.22.